The lowest BCUT2D eigenvalue weighted by Gasteiger charge is -2.36. The van der Waals surface area contributed by atoms with E-state index in [0.29, 0.717) is 0 Å². The molecule has 0 radical (unpaired) electrons. The minimum atomic E-state index is -0.448. The number of anilines is 1. The molecule has 2 fully saturated rings. The van der Waals surface area contributed by atoms with Crippen molar-refractivity contribution in [1.29, 1.82) is 0 Å². The number of carbonyl (C=O) groups is 1. The number of piperazine rings is 1. The molecule has 2 heterocycles. The third kappa shape index (κ3) is 7.44. The SMILES string of the molecule is CN(C)c1ccc(-c2nc3ccc(O[C@H]4C[C@H](OCCCN5CCN(C(=O)OC(C)(C)C)CC5)C4)cc3s2)cc1. The number of rotatable bonds is 9. The number of amides is 1. The lowest BCUT2D eigenvalue weighted by Crippen LogP contribution is -2.50. The molecule has 0 bridgehead atoms. The van der Waals surface area contributed by atoms with Crippen molar-refractivity contribution in [3.05, 3.63) is 42.5 Å². The van der Waals surface area contributed by atoms with E-state index in [1.807, 2.05) is 45.8 Å². The molecule has 5 rings (SSSR count). The van der Waals surface area contributed by atoms with Crippen molar-refractivity contribution >= 4 is 33.3 Å². The van der Waals surface area contributed by atoms with Crippen LogP contribution in [-0.4, -0.2) is 92.1 Å². The molecule has 1 aliphatic carbocycles. The lowest BCUT2D eigenvalue weighted by molar-refractivity contribution is -0.0628. The Morgan fingerprint density at radius 1 is 1.02 bits per heavy atom. The average molecular weight is 567 g/mol. The number of fused-ring (bicyclic) bond motifs is 1. The maximum absolute atomic E-state index is 12.2. The summed E-state index contributed by atoms with van der Waals surface area (Å²) in [4.78, 5) is 23.4. The molecule has 2 aromatic carbocycles. The van der Waals surface area contributed by atoms with Gasteiger partial charge in [0.2, 0.25) is 0 Å². The quantitative estimate of drug-likeness (QED) is 0.299. The second kappa shape index (κ2) is 12.3. The number of ether oxygens (including phenoxy) is 3. The minimum absolute atomic E-state index is 0.203. The summed E-state index contributed by atoms with van der Waals surface area (Å²) < 4.78 is 19.0. The van der Waals surface area contributed by atoms with Gasteiger partial charge in [0.25, 0.3) is 0 Å². The van der Waals surface area contributed by atoms with Crippen LogP contribution in [0.5, 0.6) is 5.75 Å². The topological polar surface area (TPSA) is 67.4 Å². The summed E-state index contributed by atoms with van der Waals surface area (Å²) in [5, 5.41) is 1.03. The van der Waals surface area contributed by atoms with Gasteiger partial charge in [0.1, 0.15) is 22.5 Å². The predicted octanol–water partition coefficient (Wildman–Crippen LogP) is 5.90. The third-order valence-corrected chi connectivity index (χ3v) is 8.41. The zero-order valence-electron chi connectivity index (χ0n) is 24.4. The van der Waals surface area contributed by atoms with Gasteiger partial charge in [-0.3, -0.25) is 4.90 Å². The Balaban J connectivity index is 0.991. The van der Waals surface area contributed by atoms with E-state index in [9.17, 15) is 4.79 Å². The molecule has 1 amide bonds. The Hall–Kier alpha value is -2.88. The van der Waals surface area contributed by atoms with E-state index in [-0.39, 0.29) is 18.3 Å². The molecule has 1 saturated carbocycles. The van der Waals surface area contributed by atoms with Gasteiger partial charge in [-0.15, -0.1) is 11.3 Å². The van der Waals surface area contributed by atoms with Crippen LogP contribution < -0.4 is 9.64 Å². The van der Waals surface area contributed by atoms with Crippen LogP contribution in [-0.2, 0) is 9.47 Å². The number of hydrogen-bond acceptors (Lipinski definition) is 8. The highest BCUT2D eigenvalue weighted by Crippen LogP contribution is 2.35. The molecule has 0 unspecified atom stereocenters. The monoisotopic (exact) mass is 566 g/mol. The molecular formula is C31H42N4O4S. The number of hydrogen-bond donors (Lipinski definition) is 0. The van der Waals surface area contributed by atoms with Gasteiger partial charge in [0.05, 0.1) is 16.3 Å². The summed E-state index contributed by atoms with van der Waals surface area (Å²) in [6.07, 6.45) is 3.13. The van der Waals surface area contributed by atoms with Crippen molar-refractivity contribution < 1.29 is 19.0 Å². The molecule has 0 N–H and O–H groups in total. The third-order valence-electron chi connectivity index (χ3n) is 7.34. The molecular weight excluding hydrogens is 524 g/mol. The fourth-order valence-electron chi connectivity index (χ4n) is 4.96. The van der Waals surface area contributed by atoms with Crippen molar-refractivity contribution in [3.8, 4) is 16.3 Å². The second-order valence-corrected chi connectivity index (χ2v) is 13.0. The minimum Gasteiger partial charge on any atom is -0.490 e. The summed E-state index contributed by atoms with van der Waals surface area (Å²) in [6.45, 7) is 10.7. The summed E-state index contributed by atoms with van der Waals surface area (Å²) in [5.41, 5.74) is 2.87. The molecule has 3 aromatic rings. The van der Waals surface area contributed by atoms with E-state index in [1.165, 1.54) is 5.69 Å². The van der Waals surface area contributed by atoms with Gasteiger partial charge >= 0.3 is 6.09 Å². The molecule has 1 aliphatic heterocycles. The summed E-state index contributed by atoms with van der Waals surface area (Å²) in [7, 11) is 4.09. The number of benzene rings is 2. The van der Waals surface area contributed by atoms with Crippen molar-refractivity contribution in [1.82, 2.24) is 14.8 Å². The van der Waals surface area contributed by atoms with Gasteiger partial charge in [0.15, 0.2) is 0 Å². The van der Waals surface area contributed by atoms with E-state index in [4.69, 9.17) is 19.2 Å². The van der Waals surface area contributed by atoms with E-state index in [2.05, 4.69) is 46.2 Å². The molecule has 8 nitrogen and oxygen atoms in total. The Kier molecular flexibility index (Phi) is 8.83. The average Bonchev–Trinajstić information content (AvgIpc) is 3.32. The summed E-state index contributed by atoms with van der Waals surface area (Å²) in [6, 6.07) is 14.7. The smallest absolute Gasteiger partial charge is 0.410 e. The Labute approximate surface area is 241 Å². The van der Waals surface area contributed by atoms with E-state index < -0.39 is 5.60 Å². The van der Waals surface area contributed by atoms with Gasteiger partial charge in [-0.05, 0) is 69.7 Å². The van der Waals surface area contributed by atoms with E-state index >= 15 is 0 Å². The fraction of sp³-hybridized carbons (Fsp3) is 0.548. The Morgan fingerprint density at radius 2 is 1.75 bits per heavy atom. The first-order valence-electron chi connectivity index (χ1n) is 14.3. The Morgan fingerprint density at radius 3 is 2.42 bits per heavy atom. The summed E-state index contributed by atoms with van der Waals surface area (Å²) >= 11 is 1.70. The summed E-state index contributed by atoms with van der Waals surface area (Å²) in [5.74, 6) is 0.902. The zero-order valence-corrected chi connectivity index (χ0v) is 25.2. The molecule has 0 atom stereocenters. The highest BCUT2D eigenvalue weighted by atomic mass is 32.1. The van der Waals surface area contributed by atoms with Gasteiger partial charge in [-0.2, -0.15) is 0 Å². The van der Waals surface area contributed by atoms with Crippen LogP contribution in [0.3, 0.4) is 0 Å². The number of aromatic nitrogens is 1. The molecule has 40 heavy (non-hydrogen) atoms. The Bertz CT molecular complexity index is 1270. The van der Waals surface area contributed by atoms with Crippen molar-refractivity contribution in [2.24, 2.45) is 0 Å². The molecule has 0 spiro atoms. The lowest BCUT2D eigenvalue weighted by atomic mass is 9.92. The number of nitrogens with zero attached hydrogens (tertiary/aromatic N) is 4. The number of thiazole rings is 1. The van der Waals surface area contributed by atoms with Crippen LogP contribution in [0.4, 0.5) is 10.5 Å². The first-order valence-corrected chi connectivity index (χ1v) is 15.1. The van der Waals surface area contributed by atoms with Gasteiger partial charge in [0, 0.05) is 77.5 Å². The maximum atomic E-state index is 12.2. The normalized spacial score (nSPS) is 19.9. The first-order chi connectivity index (χ1) is 19.1. The molecule has 216 valence electrons. The van der Waals surface area contributed by atoms with E-state index in [0.717, 1.165) is 85.1 Å². The second-order valence-electron chi connectivity index (χ2n) is 12.0. The van der Waals surface area contributed by atoms with Crippen LogP contribution in [0.15, 0.2) is 42.5 Å². The predicted molar refractivity (Wildman–Crippen MR) is 162 cm³/mol. The van der Waals surface area contributed by atoms with Crippen LogP contribution in [0, 0.1) is 0 Å². The van der Waals surface area contributed by atoms with Crippen LogP contribution in [0.2, 0.25) is 0 Å². The van der Waals surface area contributed by atoms with Crippen molar-refractivity contribution in [2.45, 2.75) is 57.8 Å². The van der Waals surface area contributed by atoms with Gasteiger partial charge in [-0.1, -0.05) is 0 Å². The molecule has 1 saturated heterocycles. The molecule has 9 heteroatoms. The van der Waals surface area contributed by atoms with Crippen molar-refractivity contribution in [2.75, 3.05) is 58.3 Å². The van der Waals surface area contributed by atoms with E-state index in [1.54, 1.807) is 11.3 Å². The first kappa shape index (κ1) is 28.6. The van der Waals surface area contributed by atoms with Gasteiger partial charge in [-0.25, -0.2) is 9.78 Å². The number of carbonyl (C=O) groups excluding carboxylic acids is 1. The molecule has 1 aromatic heterocycles. The molecule has 2 aliphatic rings. The highest BCUT2D eigenvalue weighted by molar-refractivity contribution is 7.21. The largest absolute Gasteiger partial charge is 0.490 e. The van der Waals surface area contributed by atoms with Crippen molar-refractivity contribution in [3.63, 3.8) is 0 Å². The standard InChI is InChI=1S/C31H42N4O4S/c1-31(2,3)39-30(36)35-16-14-34(15-17-35)13-6-18-37-25-19-26(20-25)38-24-11-12-27-28(21-24)40-29(32-27)22-7-9-23(10-8-22)33(4)5/h7-12,21,25-26H,6,13-20H2,1-5H3/t25-,26-. The van der Waals surface area contributed by atoms with Crippen LogP contribution in [0.25, 0.3) is 20.8 Å². The zero-order chi connectivity index (χ0) is 28.3. The van der Waals surface area contributed by atoms with Crippen LogP contribution in [0.1, 0.15) is 40.0 Å². The maximum Gasteiger partial charge on any atom is 0.410 e. The fourth-order valence-corrected chi connectivity index (χ4v) is 5.96. The van der Waals surface area contributed by atoms with Crippen LogP contribution >= 0.6 is 11.3 Å². The van der Waals surface area contributed by atoms with Gasteiger partial charge < -0.3 is 24.0 Å². The highest BCUT2D eigenvalue weighted by Gasteiger charge is 2.32.